The second-order valence-corrected chi connectivity index (χ2v) is 8.03. The van der Waals surface area contributed by atoms with Gasteiger partial charge in [-0.05, 0) is 28.5 Å². The average Bonchev–Trinajstić information content (AvgIpc) is 3.20. The van der Waals surface area contributed by atoms with Crippen LogP contribution in [0.5, 0.6) is 0 Å². The van der Waals surface area contributed by atoms with Crippen molar-refractivity contribution in [1.29, 1.82) is 0 Å². The van der Waals surface area contributed by atoms with Crippen LogP contribution in [0.2, 0.25) is 0 Å². The predicted molar refractivity (Wildman–Crippen MR) is 121 cm³/mol. The minimum absolute atomic E-state index is 0.172. The van der Waals surface area contributed by atoms with E-state index in [4.69, 9.17) is 0 Å². The summed E-state index contributed by atoms with van der Waals surface area (Å²) in [6.07, 6.45) is 2.76. The van der Waals surface area contributed by atoms with Crippen LogP contribution in [-0.2, 0) is 11.2 Å². The molecule has 0 bridgehead atoms. The van der Waals surface area contributed by atoms with Crippen molar-refractivity contribution in [3.05, 3.63) is 95.0 Å². The number of fused-ring (bicyclic) bond motifs is 1. The summed E-state index contributed by atoms with van der Waals surface area (Å²) in [6, 6.07) is 23.6. The lowest BCUT2D eigenvalue weighted by Crippen LogP contribution is -2.27. The second kappa shape index (κ2) is 9.33. The first kappa shape index (κ1) is 19.8. The van der Waals surface area contributed by atoms with Gasteiger partial charge in [0.2, 0.25) is 5.91 Å². The number of anilines is 1. The van der Waals surface area contributed by atoms with E-state index in [1.165, 1.54) is 16.9 Å². The topological polar surface area (TPSA) is 71.1 Å². The zero-order valence-corrected chi connectivity index (χ0v) is 17.1. The molecule has 30 heavy (non-hydrogen) atoms. The molecule has 0 spiro atoms. The highest BCUT2D eigenvalue weighted by Crippen LogP contribution is 2.21. The first-order valence-electron chi connectivity index (χ1n) is 9.73. The highest BCUT2D eigenvalue weighted by molar-refractivity contribution is 7.15. The number of thiazole rings is 1. The van der Waals surface area contributed by atoms with E-state index in [1.807, 2.05) is 54.6 Å². The Kier molecular flexibility index (Phi) is 6.15. The van der Waals surface area contributed by atoms with Gasteiger partial charge in [-0.3, -0.25) is 9.59 Å². The van der Waals surface area contributed by atoms with Crippen LogP contribution in [0.3, 0.4) is 0 Å². The number of carbonyl (C=O) groups excluding carboxylic acids is 2. The van der Waals surface area contributed by atoms with Crippen LogP contribution in [-0.4, -0.2) is 23.3 Å². The normalized spacial score (nSPS) is 10.7. The second-order valence-electron chi connectivity index (χ2n) is 6.91. The van der Waals surface area contributed by atoms with Gasteiger partial charge in [0.05, 0.1) is 0 Å². The van der Waals surface area contributed by atoms with Crippen molar-refractivity contribution in [2.24, 2.45) is 0 Å². The number of rotatable bonds is 7. The minimum atomic E-state index is -0.187. The molecule has 2 amide bonds. The molecule has 0 saturated heterocycles. The number of nitrogens with zero attached hydrogens (tertiary/aromatic N) is 1. The van der Waals surface area contributed by atoms with E-state index < -0.39 is 0 Å². The fraction of sp³-hybridized carbons (Fsp3) is 0.125. The van der Waals surface area contributed by atoms with Crippen LogP contribution in [0.15, 0.2) is 79.0 Å². The molecule has 3 aromatic carbocycles. The van der Waals surface area contributed by atoms with E-state index in [2.05, 4.69) is 27.8 Å². The average molecular weight is 416 g/mol. The van der Waals surface area contributed by atoms with Crippen LogP contribution < -0.4 is 10.6 Å². The molecule has 1 aromatic heterocycles. The zero-order chi connectivity index (χ0) is 20.8. The van der Waals surface area contributed by atoms with Crippen molar-refractivity contribution in [3.8, 4) is 0 Å². The van der Waals surface area contributed by atoms with Gasteiger partial charge in [-0.25, -0.2) is 4.98 Å². The maximum atomic E-state index is 12.4. The Labute approximate surface area is 178 Å². The zero-order valence-electron chi connectivity index (χ0n) is 16.3. The van der Waals surface area contributed by atoms with Gasteiger partial charge in [0.25, 0.3) is 5.91 Å². The molecule has 150 valence electrons. The number of aromatic nitrogens is 1. The molecule has 0 saturated carbocycles. The summed E-state index contributed by atoms with van der Waals surface area (Å²) in [5.74, 6) is -0.359. The van der Waals surface area contributed by atoms with Gasteiger partial charge in [0.15, 0.2) is 5.13 Å². The van der Waals surface area contributed by atoms with Crippen molar-refractivity contribution >= 4 is 39.1 Å². The molecule has 5 nitrogen and oxygen atoms in total. The Morgan fingerprint density at radius 2 is 1.67 bits per heavy atom. The summed E-state index contributed by atoms with van der Waals surface area (Å²) in [7, 11) is 0. The third-order valence-corrected chi connectivity index (χ3v) is 5.58. The quantitative estimate of drug-likeness (QED) is 0.462. The standard InChI is InChI=1S/C24H21N3O2S/c28-22(27-24-26-16-21(30-24)14-17-6-2-1-3-7-17)12-13-25-23(29)20-11-10-18-8-4-5-9-19(18)15-20/h1-11,15-16H,12-14H2,(H,25,29)(H,26,27,28). The molecule has 4 rings (SSSR count). The molecule has 0 aliphatic carbocycles. The Morgan fingerprint density at radius 3 is 2.50 bits per heavy atom. The smallest absolute Gasteiger partial charge is 0.251 e. The van der Waals surface area contributed by atoms with Crippen molar-refractivity contribution in [2.45, 2.75) is 12.8 Å². The third-order valence-electron chi connectivity index (χ3n) is 4.67. The Balaban J connectivity index is 1.25. The van der Waals surface area contributed by atoms with Crippen LogP contribution >= 0.6 is 11.3 Å². The van der Waals surface area contributed by atoms with Gasteiger partial charge in [0, 0.05) is 36.0 Å². The number of hydrogen-bond acceptors (Lipinski definition) is 4. The fourth-order valence-electron chi connectivity index (χ4n) is 3.15. The molecular formula is C24H21N3O2S. The van der Waals surface area contributed by atoms with Crippen molar-refractivity contribution in [1.82, 2.24) is 10.3 Å². The van der Waals surface area contributed by atoms with Crippen molar-refractivity contribution in [3.63, 3.8) is 0 Å². The fourth-order valence-corrected chi connectivity index (χ4v) is 4.01. The molecule has 1 heterocycles. The molecular weight excluding hydrogens is 394 g/mol. The predicted octanol–water partition coefficient (Wildman–Crippen LogP) is 4.65. The highest BCUT2D eigenvalue weighted by Gasteiger charge is 2.10. The summed E-state index contributed by atoms with van der Waals surface area (Å²) in [5.41, 5.74) is 1.79. The van der Waals surface area contributed by atoms with E-state index in [0.717, 1.165) is 22.1 Å². The minimum Gasteiger partial charge on any atom is -0.352 e. The largest absolute Gasteiger partial charge is 0.352 e. The summed E-state index contributed by atoms with van der Waals surface area (Å²) in [4.78, 5) is 29.9. The molecule has 0 aliphatic heterocycles. The first-order chi connectivity index (χ1) is 14.7. The van der Waals surface area contributed by atoms with Crippen LogP contribution in [0, 0.1) is 0 Å². The molecule has 0 unspecified atom stereocenters. The first-order valence-corrected chi connectivity index (χ1v) is 10.5. The van der Waals surface area contributed by atoms with Gasteiger partial charge < -0.3 is 10.6 Å². The van der Waals surface area contributed by atoms with Gasteiger partial charge in [0.1, 0.15) is 0 Å². The van der Waals surface area contributed by atoms with E-state index in [-0.39, 0.29) is 24.8 Å². The van der Waals surface area contributed by atoms with E-state index >= 15 is 0 Å². The maximum absolute atomic E-state index is 12.4. The summed E-state index contributed by atoms with van der Waals surface area (Å²) < 4.78 is 0. The van der Waals surface area contributed by atoms with E-state index in [9.17, 15) is 9.59 Å². The summed E-state index contributed by atoms with van der Waals surface area (Å²) >= 11 is 1.46. The summed E-state index contributed by atoms with van der Waals surface area (Å²) in [5, 5.41) is 8.28. The number of benzene rings is 3. The van der Waals surface area contributed by atoms with Gasteiger partial charge in [-0.15, -0.1) is 11.3 Å². The Bertz CT molecular complexity index is 1170. The van der Waals surface area contributed by atoms with Gasteiger partial charge in [-0.2, -0.15) is 0 Å². The Hall–Kier alpha value is -3.51. The SMILES string of the molecule is O=C(CCNC(=O)c1ccc2ccccc2c1)Nc1ncc(Cc2ccccc2)s1. The van der Waals surface area contributed by atoms with E-state index in [1.54, 1.807) is 12.3 Å². The lowest BCUT2D eigenvalue weighted by molar-refractivity contribution is -0.116. The number of hydrogen-bond donors (Lipinski definition) is 2. The molecule has 0 aliphatic rings. The monoisotopic (exact) mass is 415 g/mol. The van der Waals surface area contributed by atoms with Crippen LogP contribution in [0.1, 0.15) is 27.2 Å². The maximum Gasteiger partial charge on any atom is 0.251 e. The van der Waals surface area contributed by atoms with E-state index in [0.29, 0.717) is 10.7 Å². The number of amides is 2. The lowest BCUT2D eigenvalue weighted by atomic mass is 10.1. The lowest BCUT2D eigenvalue weighted by Gasteiger charge is -2.06. The highest BCUT2D eigenvalue weighted by atomic mass is 32.1. The van der Waals surface area contributed by atoms with Crippen LogP contribution in [0.4, 0.5) is 5.13 Å². The molecule has 0 atom stereocenters. The van der Waals surface area contributed by atoms with Crippen molar-refractivity contribution < 1.29 is 9.59 Å². The number of nitrogens with one attached hydrogen (secondary N) is 2. The van der Waals surface area contributed by atoms with Crippen molar-refractivity contribution in [2.75, 3.05) is 11.9 Å². The molecule has 0 radical (unpaired) electrons. The van der Waals surface area contributed by atoms with Gasteiger partial charge in [-0.1, -0.05) is 60.7 Å². The van der Waals surface area contributed by atoms with Crippen LogP contribution in [0.25, 0.3) is 10.8 Å². The third kappa shape index (κ3) is 5.10. The van der Waals surface area contributed by atoms with Gasteiger partial charge >= 0.3 is 0 Å². The number of carbonyl (C=O) groups is 2. The summed E-state index contributed by atoms with van der Waals surface area (Å²) in [6.45, 7) is 0.264. The Morgan fingerprint density at radius 1 is 0.900 bits per heavy atom. The molecule has 0 fully saturated rings. The molecule has 2 N–H and O–H groups in total. The molecule has 4 aromatic rings. The molecule has 6 heteroatoms.